The lowest BCUT2D eigenvalue weighted by Crippen LogP contribution is -2.23. The van der Waals surface area contributed by atoms with Gasteiger partial charge in [0.1, 0.15) is 5.69 Å². The van der Waals surface area contributed by atoms with E-state index in [2.05, 4.69) is 0 Å². The minimum Gasteiger partial charge on any atom is -0.380 e. The van der Waals surface area contributed by atoms with E-state index >= 15 is 0 Å². The Labute approximate surface area is 112 Å². The van der Waals surface area contributed by atoms with E-state index in [0.29, 0.717) is 31.0 Å². The number of carbonyl (C=O) groups excluding carboxylic acids is 1. The largest absolute Gasteiger partial charge is 0.380 e. The third-order valence-electron chi connectivity index (χ3n) is 2.77. The monoisotopic (exact) mass is 266 g/mol. The Morgan fingerprint density at radius 3 is 2.68 bits per heavy atom. The first-order chi connectivity index (χ1) is 8.97. The van der Waals surface area contributed by atoms with Gasteiger partial charge in [-0.15, -0.1) is 0 Å². The number of nitrogens with zero attached hydrogens (tertiary/aromatic N) is 2. The first-order valence-electron chi connectivity index (χ1n) is 6.05. The van der Waals surface area contributed by atoms with Crippen LogP contribution in [-0.2, 0) is 4.74 Å². The number of Topliss-reactive ketones (excluding diaryl/α,β-unsaturated/α-hetero) is 1. The molecule has 0 N–H and O–H groups in total. The molecule has 19 heavy (non-hydrogen) atoms. The summed E-state index contributed by atoms with van der Waals surface area (Å²) in [7, 11) is 1.76. The molecule has 0 aliphatic rings. The lowest BCUT2D eigenvalue weighted by Gasteiger charge is -2.19. The number of hydrogen-bond acceptors (Lipinski definition) is 5. The lowest BCUT2D eigenvalue weighted by atomic mass is 10.1. The predicted octanol–water partition coefficient (Wildman–Crippen LogP) is 2.27. The Morgan fingerprint density at radius 2 is 2.16 bits per heavy atom. The summed E-state index contributed by atoms with van der Waals surface area (Å²) in [5.41, 5.74) is 0.759. The first-order valence-corrected chi connectivity index (χ1v) is 6.05. The van der Waals surface area contributed by atoms with Crippen LogP contribution in [0.3, 0.4) is 0 Å². The summed E-state index contributed by atoms with van der Waals surface area (Å²) in [6.45, 7) is 4.94. The summed E-state index contributed by atoms with van der Waals surface area (Å²) in [5.74, 6) is -0.188. The van der Waals surface area contributed by atoms with Crippen LogP contribution < -0.4 is 4.90 Å². The van der Waals surface area contributed by atoms with Crippen molar-refractivity contribution in [3.8, 4) is 0 Å². The molecule has 0 bridgehead atoms. The Kier molecular flexibility index (Phi) is 5.44. The van der Waals surface area contributed by atoms with Gasteiger partial charge in [0.25, 0.3) is 5.69 Å². The highest BCUT2D eigenvalue weighted by molar-refractivity contribution is 5.95. The van der Waals surface area contributed by atoms with Crippen LogP contribution >= 0.6 is 0 Å². The molecule has 104 valence electrons. The van der Waals surface area contributed by atoms with Crippen molar-refractivity contribution in [3.05, 3.63) is 33.9 Å². The van der Waals surface area contributed by atoms with Gasteiger partial charge < -0.3 is 9.64 Å². The summed E-state index contributed by atoms with van der Waals surface area (Å²) in [5, 5.41) is 11.1. The van der Waals surface area contributed by atoms with Crippen LogP contribution in [0.4, 0.5) is 11.4 Å². The zero-order chi connectivity index (χ0) is 14.4. The van der Waals surface area contributed by atoms with Gasteiger partial charge in [0.05, 0.1) is 11.5 Å². The van der Waals surface area contributed by atoms with Gasteiger partial charge in [-0.1, -0.05) is 0 Å². The highest BCUT2D eigenvalue weighted by atomic mass is 16.6. The van der Waals surface area contributed by atoms with E-state index in [1.54, 1.807) is 24.1 Å². The minimum absolute atomic E-state index is 0.0632. The van der Waals surface area contributed by atoms with Crippen LogP contribution in [0.5, 0.6) is 0 Å². The molecule has 1 aromatic rings. The van der Waals surface area contributed by atoms with Crippen molar-refractivity contribution in [2.24, 2.45) is 0 Å². The first kappa shape index (κ1) is 15.1. The second-order valence-corrected chi connectivity index (χ2v) is 4.14. The van der Waals surface area contributed by atoms with E-state index in [1.807, 2.05) is 6.92 Å². The van der Waals surface area contributed by atoms with Gasteiger partial charge in [0.15, 0.2) is 5.78 Å². The van der Waals surface area contributed by atoms with E-state index < -0.39 is 4.92 Å². The van der Waals surface area contributed by atoms with Crippen molar-refractivity contribution in [1.29, 1.82) is 0 Å². The molecule has 0 amide bonds. The van der Waals surface area contributed by atoms with E-state index in [4.69, 9.17) is 4.74 Å². The fraction of sp³-hybridized carbons (Fsp3) is 0.462. The van der Waals surface area contributed by atoms with Crippen LogP contribution in [0, 0.1) is 10.1 Å². The van der Waals surface area contributed by atoms with Crippen LogP contribution in [0.15, 0.2) is 18.2 Å². The second kappa shape index (κ2) is 6.84. The Hall–Kier alpha value is -1.95. The molecule has 0 radical (unpaired) electrons. The zero-order valence-corrected chi connectivity index (χ0v) is 11.4. The lowest BCUT2D eigenvalue weighted by molar-refractivity contribution is -0.384. The molecule has 6 heteroatoms. The molecule has 0 saturated heterocycles. The number of anilines is 1. The van der Waals surface area contributed by atoms with Gasteiger partial charge in [-0.05, 0) is 26.0 Å². The molecule has 1 rings (SSSR count). The summed E-state index contributed by atoms with van der Waals surface area (Å²) in [6.07, 6.45) is 0. The number of carbonyl (C=O) groups is 1. The van der Waals surface area contributed by atoms with Gasteiger partial charge in [-0.2, -0.15) is 0 Å². The summed E-state index contributed by atoms with van der Waals surface area (Å²) in [6, 6.07) is 4.51. The van der Waals surface area contributed by atoms with E-state index in [0.717, 1.165) is 0 Å². The molecular formula is C13H18N2O4. The predicted molar refractivity (Wildman–Crippen MR) is 72.9 cm³/mol. The molecule has 0 spiro atoms. The Bertz CT molecular complexity index is 474. The Balaban J connectivity index is 2.99. The zero-order valence-electron chi connectivity index (χ0n) is 11.4. The smallest absolute Gasteiger partial charge is 0.293 e. The van der Waals surface area contributed by atoms with E-state index in [9.17, 15) is 14.9 Å². The fourth-order valence-corrected chi connectivity index (χ4v) is 1.68. The van der Waals surface area contributed by atoms with Crippen molar-refractivity contribution in [2.75, 3.05) is 31.7 Å². The van der Waals surface area contributed by atoms with Gasteiger partial charge in [-0.3, -0.25) is 14.9 Å². The molecule has 0 aromatic heterocycles. The van der Waals surface area contributed by atoms with Crippen molar-refractivity contribution < 1.29 is 14.5 Å². The quantitative estimate of drug-likeness (QED) is 0.327. The standard InChI is InChI=1S/C13H18N2O4/c1-4-19-8-7-14(3)12-6-5-11(10(2)16)9-13(12)15(17)18/h5-6,9H,4,7-8H2,1-3H3. The molecule has 0 fully saturated rings. The SMILES string of the molecule is CCOCCN(C)c1ccc(C(C)=O)cc1[N+](=O)[O-]. The molecule has 1 aromatic carbocycles. The van der Waals surface area contributed by atoms with Crippen molar-refractivity contribution >= 4 is 17.2 Å². The van der Waals surface area contributed by atoms with Gasteiger partial charge in [-0.25, -0.2) is 0 Å². The van der Waals surface area contributed by atoms with Crippen molar-refractivity contribution in [2.45, 2.75) is 13.8 Å². The molecule has 0 heterocycles. The third-order valence-corrected chi connectivity index (χ3v) is 2.77. The second-order valence-electron chi connectivity index (χ2n) is 4.14. The summed E-state index contributed by atoms with van der Waals surface area (Å²) in [4.78, 5) is 23.6. The normalized spacial score (nSPS) is 10.3. The highest BCUT2D eigenvalue weighted by Crippen LogP contribution is 2.28. The molecule has 0 atom stereocenters. The number of nitro groups is 1. The number of likely N-dealkylation sites (N-methyl/N-ethyl adjacent to an activating group) is 1. The number of ether oxygens (including phenoxy) is 1. The van der Waals surface area contributed by atoms with Gasteiger partial charge in [0, 0.05) is 31.8 Å². The average molecular weight is 266 g/mol. The fourth-order valence-electron chi connectivity index (χ4n) is 1.68. The molecule has 0 aliphatic heterocycles. The summed E-state index contributed by atoms with van der Waals surface area (Å²) < 4.78 is 5.22. The van der Waals surface area contributed by atoms with Crippen LogP contribution in [0.1, 0.15) is 24.2 Å². The van der Waals surface area contributed by atoms with Gasteiger partial charge >= 0.3 is 0 Å². The number of nitro benzene ring substituents is 1. The average Bonchev–Trinajstić information content (AvgIpc) is 2.38. The van der Waals surface area contributed by atoms with Crippen LogP contribution in [-0.4, -0.2) is 37.5 Å². The highest BCUT2D eigenvalue weighted by Gasteiger charge is 2.18. The van der Waals surface area contributed by atoms with Crippen molar-refractivity contribution in [3.63, 3.8) is 0 Å². The third kappa shape index (κ3) is 4.03. The maximum atomic E-state index is 11.3. The maximum absolute atomic E-state index is 11.3. The molecule has 0 aliphatic carbocycles. The topological polar surface area (TPSA) is 72.7 Å². The van der Waals surface area contributed by atoms with Crippen molar-refractivity contribution in [1.82, 2.24) is 0 Å². The molecule has 0 unspecified atom stereocenters. The summed E-state index contributed by atoms with van der Waals surface area (Å²) >= 11 is 0. The molecule has 6 nitrogen and oxygen atoms in total. The molecular weight excluding hydrogens is 248 g/mol. The van der Waals surface area contributed by atoms with Crippen LogP contribution in [0.2, 0.25) is 0 Å². The Morgan fingerprint density at radius 1 is 1.47 bits per heavy atom. The van der Waals surface area contributed by atoms with Crippen LogP contribution in [0.25, 0.3) is 0 Å². The van der Waals surface area contributed by atoms with Gasteiger partial charge in [0.2, 0.25) is 0 Å². The number of benzene rings is 1. The van der Waals surface area contributed by atoms with E-state index in [-0.39, 0.29) is 11.5 Å². The number of ketones is 1. The number of hydrogen-bond donors (Lipinski definition) is 0. The molecule has 0 saturated carbocycles. The van der Waals surface area contributed by atoms with E-state index in [1.165, 1.54) is 13.0 Å². The minimum atomic E-state index is -0.473. The maximum Gasteiger partial charge on any atom is 0.293 e. The number of rotatable bonds is 7.